The third kappa shape index (κ3) is 2.95. The van der Waals surface area contributed by atoms with E-state index < -0.39 is 6.10 Å². The first-order valence-electron chi connectivity index (χ1n) is 7.81. The molecule has 0 fully saturated rings. The number of allylic oxidation sites excluding steroid dienone is 1. The molecule has 0 unspecified atom stereocenters. The van der Waals surface area contributed by atoms with Crippen LogP contribution in [-0.4, -0.2) is 34.7 Å². The van der Waals surface area contributed by atoms with Gasteiger partial charge in [-0.2, -0.15) is 5.26 Å². The number of thiazole rings is 1. The van der Waals surface area contributed by atoms with Crippen molar-refractivity contribution in [3.63, 3.8) is 0 Å². The topological polar surface area (TPSA) is 87.4 Å². The molecule has 0 aromatic carbocycles. The average Bonchev–Trinajstić information content (AvgIpc) is 3.15. The van der Waals surface area contributed by atoms with Crippen LogP contribution in [0, 0.1) is 17.8 Å². The van der Waals surface area contributed by atoms with Crippen molar-refractivity contribution in [2.24, 2.45) is 0 Å². The summed E-state index contributed by atoms with van der Waals surface area (Å²) in [6.07, 6.45) is 6.35. The highest BCUT2D eigenvalue weighted by Crippen LogP contribution is 2.37. The standard InChI is InChI=1S/C17H19N3O3S/c1-17(2,6-3-7-18)16-19-12-5-4-11(8-14(12)24-16)20-10-23-13(9-21)15(20)22/h5,8,10,13,21H,3-4,6,9H2,1-2H3/t13-/m1/s1. The largest absolute Gasteiger partial charge is 0.639 e. The lowest BCUT2D eigenvalue weighted by Gasteiger charge is -2.23. The fourth-order valence-corrected chi connectivity index (χ4v) is 3.83. The zero-order chi connectivity index (χ0) is 17.3. The van der Waals surface area contributed by atoms with Gasteiger partial charge in [0.1, 0.15) is 0 Å². The fraction of sp³-hybridized carbons (Fsp3) is 0.471. The Kier molecular flexibility index (Phi) is 4.43. The van der Waals surface area contributed by atoms with Gasteiger partial charge >= 0.3 is 12.3 Å². The minimum atomic E-state index is -0.811. The molecule has 1 amide bonds. The lowest BCUT2D eigenvalue weighted by molar-refractivity contribution is -0.392. The van der Waals surface area contributed by atoms with Gasteiger partial charge in [0, 0.05) is 11.8 Å². The second-order valence-corrected chi connectivity index (χ2v) is 7.51. The third-order valence-electron chi connectivity index (χ3n) is 4.24. The number of hydrogen-bond acceptors (Lipinski definition) is 4. The van der Waals surface area contributed by atoms with Crippen molar-refractivity contribution in [1.29, 1.82) is 5.26 Å². The van der Waals surface area contributed by atoms with Gasteiger partial charge in [0.05, 0.1) is 33.9 Å². The zero-order valence-electron chi connectivity index (χ0n) is 13.7. The summed E-state index contributed by atoms with van der Waals surface area (Å²) in [5, 5.41) is 18.9. The molecule has 1 atom stereocenters. The summed E-state index contributed by atoms with van der Waals surface area (Å²) in [4.78, 5) is 17.9. The van der Waals surface area contributed by atoms with Crippen LogP contribution in [0.25, 0.3) is 6.08 Å². The predicted molar refractivity (Wildman–Crippen MR) is 89.2 cm³/mol. The number of nitriles is 1. The fourth-order valence-electron chi connectivity index (χ4n) is 2.67. The molecule has 3 rings (SSSR count). The molecule has 1 aromatic rings. The number of aromatic nitrogens is 1. The molecule has 2 aliphatic rings. The number of fused-ring (bicyclic) bond motifs is 1. The quantitative estimate of drug-likeness (QED) is 0.500. The summed E-state index contributed by atoms with van der Waals surface area (Å²) in [5.74, 6) is -0.250. The highest BCUT2D eigenvalue weighted by atomic mass is 32.1. The van der Waals surface area contributed by atoms with E-state index in [-0.39, 0.29) is 17.9 Å². The first-order chi connectivity index (χ1) is 11.5. The van der Waals surface area contributed by atoms with E-state index in [0.717, 1.165) is 27.7 Å². The maximum absolute atomic E-state index is 12.1. The van der Waals surface area contributed by atoms with E-state index in [4.69, 9.17) is 20.1 Å². The van der Waals surface area contributed by atoms with Crippen LogP contribution in [0.4, 0.5) is 0 Å². The number of hydrogen-bond donors (Lipinski definition) is 1. The summed E-state index contributed by atoms with van der Waals surface area (Å²) in [7, 11) is 0. The number of ether oxygens (including phenoxy) is 1. The summed E-state index contributed by atoms with van der Waals surface area (Å²) in [6, 6.07) is 2.19. The molecule has 7 heteroatoms. The molecular formula is C17H19N3O3S. The Morgan fingerprint density at radius 3 is 3.08 bits per heavy atom. The molecule has 0 saturated heterocycles. The minimum Gasteiger partial charge on any atom is -0.639 e. The molecule has 0 saturated carbocycles. The maximum atomic E-state index is 12.1. The lowest BCUT2D eigenvalue weighted by Crippen LogP contribution is -2.28. The Labute approximate surface area is 144 Å². The van der Waals surface area contributed by atoms with Crippen molar-refractivity contribution in [2.75, 3.05) is 6.61 Å². The maximum Gasteiger partial charge on any atom is 0.438 e. The highest BCUT2D eigenvalue weighted by molar-refractivity contribution is 7.12. The molecule has 2 heterocycles. The molecule has 1 N–H and O–H groups in total. The summed E-state index contributed by atoms with van der Waals surface area (Å²) in [6.45, 7) is 3.86. The van der Waals surface area contributed by atoms with Crippen LogP contribution in [0.15, 0.2) is 5.70 Å². The molecule has 1 aromatic heterocycles. The number of carbonyl (C=O) groups excluding carboxylic acids is 1. The number of amides is 1. The van der Waals surface area contributed by atoms with Gasteiger partial charge in [-0.3, -0.25) is 0 Å². The van der Waals surface area contributed by atoms with Crippen molar-refractivity contribution >= 4 is 29.7 Å². The smallest absolute Gasteiger partial charge is 0.438 e. The van der Waals surface area contributed by atoms with E-state index in [1.54, 1.807) is 11.3 Å². The highest BCUT2D eigenvalue weighted by Gasteiger charge is 2.39. The summed E-state index contributed by atoms with van der Waals surface area (Å²) >= 11 is 1.59. The second kappa shape index (κ2) is 6.38. The van der Waals surface area contributed by atoms with Crippen LogP contribution < -0.4 is 4.98 Å². The molecule has 6 nitrogen and oxygen atoms in total. The van der Waals surface area contributed by atoms with Crippen molar-refractivity contribution < 1.29 is 19.2 Å². The minimum absolute atomic E-state index is 0.153. The number of rotatable bonds is 5. The number of aliphatic hydroxyl groups excluding tert-OH is 1. The first-order valence-corrected chi connectivity index (χ1v) is 8.62. The van der Waals surface area contributed by atoms with Crippen molar-refractivity contribution in [1.82, 2.24) is 4.98 Å². The zero-order valence-corrected chi connectivity index (χ0v) is 14.5. The molecular weight excluding hydrogens is 326 g/mol. The van der Waals surface area contributed by atoms with Crippen LogP contribution in [-0.2, 0) is 14.9 Å². The van der Waals surface area contributed by atoms with Gasteiger partial charge in [0.2, 0.25) is 0 Å². The van der Waals surface area contributed by atoms with Crippen LogP contribution in [0.1, 0.15) is 48.7 Å². The van der Waals surface area contributed by atoms with E-state index in [1.807, 2.05) is 12.5 Å². The van der Waals surface area contributed by atoms with E-state index >= 15 is 0 Å². The Morgan fingerprint density at radius 1 is 1.62 bits per heavy atom. The van der Waals surface area contributed by atoms with Crippen LogP contribution in [0.3, 0.4) is 0 Å². The first kappa shape index (κ1) is 16.7. The van der Waals surface area contributed by atoms with Gasteiger partial charge in [0.25, 0.3) is 6.10 Å². The number of carbonyl (C=O) groups is 1. The van der Waals surface area contributed by atoms with E-state index in [2.05, 4.69) is 19.9 Å². The monoisotopic (exact) mass is 345 g/mol. The summed E-state index contributed by atoms with van der Waals surface area (Å²) in [5.41, 5.74) is 1.59. The second-order valence-electron chi connectivity index (χ2n) is 6.48. The molecule has 1 aliphatic carbocycles. The van der Waals surface area contributed by atoms with E-state index in [9.17, 15) is 4.79 Å². The van der Waals surface area contributed by atoms with Gasteiger partial charge in [-0.1, -0.05) is 13.8 Å². The van der Waals surface area contributed by atoms with Crippen molar-refractivity contribution in [2.45, 2.75) is 44.6 Å². The Bertz CT molecular complexity index is 771. The molecule has 0 radical (unpaired) electrons. The van der Waals surface area contributed by atoms with Gasteiger partial charge < -0.3 is 14.8 Å². The van der Waals surface area contributed by atoms with Crippen molar-refractivity contribution in [3.05, 3.63) is 27.7 Å². The number of aliphatic hydroxyl groups is 1. The van der Waals surface area contributed by atoms with Crippen LogP contribution >= 0.6 is 11.3 Å². The average molecular weight is 345 g/mol. The molecule has 0 spiro atoms. The number of nitrogens with zero attached hydrogens (tertiary/aromatic N) is 3. The lowest BCUT2D eigenvalue weighted by atomic mass is 9.89. The third-order valence-corrected chi connectivity index (χ3v) is 5.63. The Hall–Kier alpha value is -2.17. The van der Waals surface area contributed by atoms with Crippen molar-refractivity contribution in [3.8, 4) is 6.07 Å². The van der Waals surface area contributed by atoms with Crippen LogP contribution in [0.2, 0.25) is 0 Å². The van der Waals surface area contributed by atoms with Gasteiger partial charge in [-0.05, 0) is 18.9 Å². The van der Waals surface area contributed by atoms with Gasteiger partial charge in [-0.15, -0.1) is 4.58 Å². The van der Waals surface area contributed by atoms with Gasteiger partial charge in [0.15, 0.2) is 5.70 Å². The normalized spacial score (nSPS) is 19.8. The summed E-state index contributed by atoms with van der Waals surface area (Å²) < 4.78 is 6.63. The Morgan fingerprint density at radius 2 is 2.42 bits per heavy atom. The van der Waals surface area contributed by atoms with Crippen LogP contribution in [0.5, 0.6) is 0 Å². The molecule has 0 bridgehead atoms. The van der Waals surface area contributed by atoms with E-state index in [0.29, 0.717) is 12.8 Å². The van der Waals surface area contributed by atoms with E-state index in [1.165, 1.54) is 11.0 Å². The molecule has 24 heavy (non-hydrogen) atoms. The SMILES string of the molecule is CC(C)(CCC#N)c1[n-]c2c([s+]1)C=C([N+]1=CO[C@H](CO)C1=O)C[CH-]2. The van der Waals surface area contributed by atoms with Gasteiger partial charge in [-0.25, -0.2) is 16.9 Å². The molecule has 1 aliphatic heterocycles. The predicted octanol–water partition coefficient (Wildman–Crippen LogP) is 1.82. The Balaban J connectivity index is 1.85. The molecule has 126 valence electrons.